The molecule has 26 heavy (non-hydrogen) atoms. The van der Waals surface area contributed by atoms with E-state index < -0.39 is 10.0 Å². The molecular weight excluding hydrogens is 354 g/mol. The third kappa shape index (κ3) is 4.96. The summed E-state index contributed by atoms with van der Waals surface area (Å²) in [6, 6.07) is 4.66. The molecule has 7 nitrogen and oxygen atoms in total. The van der Waals surface area contributed by atoms with Crippen LogP contribution in [0, 0.1) is 11.8 Å². The molecule has 0 aliphatic carbocycles. The van der Waals surface area contributed by atoms with Crippen LogP contribution in [0.2, 0.25) is 0 Å². The van der Waals surface area contributed by atoms with Crippen LogP contribution in [0.4, 0.5) is 5.69 Å². The molecular formula is C18H30N3O4S+. The zero-order chi connectivity index (χ0) is 19.5. The number of carbonyl (C=O) groups excluding carboxylic acids is 1. The molecule has 1 aliphatic heterocycles. The number of anilines is 1. The number of amides is 1. The number of quaternary nitrogens is 1. The molecule has 2 rings (SSSR count). The van der Waals surface area contributed by atoms with Gasteiger partial charge in [0.05, 0.1) is 20.2 Å². The van der Waals surface area contributed by atoms with Gasteiger partial charge in [0.25, 0.3) is 5.91 Å². The summed E-state index contributed by atoms with van der Waals surface area (Å²) >= 11 is 0. The number of ether oxygens (including phenoxy) is 1. The third-order valence-corrected chi connectivity index (χ3v) is 6.53. The smallest absolute Gasteiger partial charge is 0.279 e. The van der Waals surface area contributed by atoms with Gasteiger partial charge in [0.15, 0.2) is 6.54 Å². The molecule has 8 heteroatoms. The molecule has 1 aromatic carbocycles. The Labute approximate surface area is 156 Å². The Morgan fingerprint density at radius 1 is 1.27 bits per heavy atom. The van der Waals surface area contributed by atoms with Crippen LogP contribution in [0.15, 0.2) is 23.1 Å². The predicted octanol–water partition coefficient (Wildman–Crippen LogP) is 0.445. The number of methoxy groups -OCH3 is 1. The number of nitrogens with zero attached hydrogens (tertiary/aromatic N) is 1. The molecule has 2 atom stereocenters. The SMILES string of the molecule is COc1ccc(NC(=O)C[NH+]2C[C@@H](C)C[C@H](C)C2)cc1S(=O)(=O)N(C)C. The van der Waals surface area contributed by atoms with E-state index in [-0.39, 0.29) is 16.6 Å². The van der Waals surface area contributed by atoms with Crippen molar-refractivity contribution in [2.24, 2.45) is 11.8 Å². The summed E-state index contributed by atoms with van der Waals surface area (Å²) in [6.07, 6.45) is 1.20. The third-order valence-electron chi connectivity index (χ3n) is 4.70. The minimum atomic E-state index is -3.67. The average molecular weight is 385 g/mol. The number of sulfonamides is 1. The highest BCUT2D eigenvalue weighted by atomic mass is 32.2. The molecule has 0 aromatic heterocycles. The minimum absolute atomic E-state index is 0.0374. The van der Waals surface area contributed by atoms with Gasteiger partial charge in [0, 0.05) is 31.6 Å². The number of hydrogen-bond donors (Lipinski definition) is 2. The van der Waals surface area contributed by atoms with Crippen molar-refractivity contribution in [3.8, 4) is 5.75 Å². The highest BCUT2D eigenvalue weighted by Crippen LogP contribution is 2.28. The lowest BCUT2D eigenvalue weighted by atomic mass is 9.92. The first kappa shape index (κ1) is 20.7. The fraction of sp³-hybridized carbons (Fsp3) is 0.611. The second kappa shape index (κ2) is 8.37. The number of likely N-dealkylation sites (tertiary alicyclic amines) is 1. The van der Waals surface area contributed by atoms with E-state index in [0.29, 0.717) is 24.1 Å². The zero-order valence-corrected chi connectivity index (χ0v) is 17.0. The van der Waals surface area contributed by atoms with Crippen molar-refractivity contribution in [2.75, 3.05) is 46.2 Å². The van der Waals surface area contributed by atoms with Crippen molar-refractivity contribution < 1.29 is 22.8 Å². The van der Waals surface area contributed by atoms with E-state index in [0.717, 1.165) is 17.4 Å². The Morgan fingerprint density at radius 3 is 2.42 bits per heavy atom. The van der Waals surface area contributed by atoms with Crippen LogP contribution in [-0.4, -0.2) is 59.5 Å². The van der Waals surface area contributed by atoms with Crippen LogP contribution >= 0.6 is 0 Å². The lowest BCUT2D eigenvalue weighted by Gasteiger charge is -2.31. The van der Waals surface area contributed by atoms with E-state index in [1.165, 1.54) is 38.6 Å². The van der Waals surface area contributed by atoms with Crippen molar-refractivity contribution in [1.82, 2.24) is 4.31 Å². The van der Waals surface area contributed by atoms with Gasteiger partial charge in [0.2, 0.25) is 10.0 Å². The second-order valence-corrected chi connectivity index (χ2v) is 9.60. The second-order valence-electron chi connectivity index (χ2n) is 7.48. The average Bonchev–Trinajstić information content (AvgIpc) is 2.53. The molecule has 1 aromatic rings. The molecule has 2 N–H and O–H groups in total. The van der Waals surface area contributed by atoms with Gasteiger partial charge in [-0.05, 0) is 24.6 Å². The fourth-order valence-corrected chi connectivity index (χ4v) is 4.73. The largest absolute Gasteiger partial charge is 0.495 e. The normalized spacial score (nSPS) is 23.7. The van der Waals surface area contributed by atoms with Gasteiger partial charge in [0.1, 0.15) is 10.6 Å². The molecule has 0 saturated carbocycles. The van der Waals surface area contributed by atoms with Crippen LogP contribution < -0.4 is 15.0 Å². The van der Waals surface area contributed by atoms with Gasteiger partial charge >= 0.3 is 0 Å². The molecule has 1 heterocycles. The number of piperidine rings is 1. The minimum Gasteiger partial charge on any atom is -0.495 e. The summed E-state index contributed by atoms with van der Waals surface area (Å²) in [5.74, 6) is 1.36. The molecule has 1 aliphatic rings. The molecule has 0 bridgehead atoms. The molecule has 1 saturated heterocycles. The number of hydrogen-bond acceptors (Lipinski definition) is 4. The van der Waals surface area contributed by atoms with Crippen LogP contribution in [0.5, 0.6) is 5.75 Å². The molecule has 1 amide bonds. The number of nitrogens with one attached hydrogen (secondary N) is 2. The molecule has 1 fully saturated rings. The maximum absolute atomic E-state index is 12.5. The number of rotatable bonds is 6. The first-order valence-corrected chi connectivity index (χ1v) is 10.3. The Hall–Kier alpha value is -1.64. The van der Waals surface area contributed by atoms with Crippen molar-refractivity contribution in [3.63, 3.8) is 0 Å². The molecule has 146 valence electrons. The maximum Gasteiger partial charge on any atom is 0.279 e. The zero-order valence-electron chi connectivity index (χ0n) is 16.2. The highest BCUT2D eigenvalue weighted by molar-refractivity contribution is 7.89. The predicted molar refractivity (Wildman–Crippen MR) is 101 cm³/mol. The van der Waals surface area contributed by atoms with Crippen molar-refractivity contribution >= 4 is 21.6 Å². The number of carbonyl (C=O) groups is 1. The first-order chi connectivity index (χ1) is 12.1. The quantitative estimate of drug-likeness (QED) is 0.746. The Bertz CT molecular complexity index is 739. The van der Waals surface area contributed by atoms with E-state index >= 15 is 0 Å². The highest BCUT2D eigenvalue weighted by Gasteiger charge is 2.27. The van der Waals surface area contributed by atoms with Crippen molar-refractivity contribution in [3.05, 3.63) is 18.2 Å². The summed E-state index contributed by atoms with van der Waals surface area (Å²) in [7, 11) is 0.674. The topological polar surface area (TPSA) is 80.1 Å². The van der Waals surface area contributed by atoms with Gasteiger partial charge < -0.3 is 15.0 Å². The van der Waals surface area contributed by atoms with E-state index in [4.69, 9.17) is 4.74 Å². The fourth-order valence-electron chi connectivity index (χ4n) is 3.65. The van der Waals surface area contributed by atoms with Crippen LogP contribution in [-0.2, 0) is 14.8 Å². The van der Waals surface area contributed by atoms with E-state index in [1.807, 2.05) is 0 Å². The monoisotopic (exact) mass is 384 g/mol. The van der Waals surface area contributed by atoms with Gasteiger partial charge in [-0.2, -0.15) is 0 Å². The van der Waals surface area contributed by atoms with Gasteiger partial charge in [-0.15, -0.1) is 0 Å². The maximum atomic E-state index is 12.5. The van der Waals surface area contributed by atoms with Gasteiger partial charge in [-0.3, -0.25) is 4.79 Å². The van der Waals surface area contributed by atoms with E-state index in [1.54, 1.807) is 12.1 Å². The molecule has 0 unspecified atom stereocenters. The Balaban J connectivity index is 2.13. The van der Waals surface area contributed by atoms with E-state index in [2.05, 4.69) is 19.2 Å². The lowest BCUT2D eigenvalue weighted by Crippen LogP contribution is -3.15. The van der Waals surface area contributed by atoms with Gasteiger partial charge in [-0.25, -0.2) is 12.7 Å². The summed E-state index contributed by atoms with van der Waals surface area (Å²) in [5.41, 5.74) is 0.453. The first-order valence-electron chi connectivity index (χ1n) is 8.87. The van der Waals surface area contributed by atoms with Crippen molar-refractivity contribution in [2.45, 2.75) is 25.2 Å². The van der Waals surface area contributed by atoms with E-state index in [9.17, 15) is 13.2 Å². The van der Waals surface area contributed by atoms with Crippen LogP contribution in [0.1, 0.15) is 20.3 Å². The summed E-state index contributed by atoms with van der Waals surface area (Å²) in [4.78, 5) is 13.7. The van der Waals surface area contributed by atoms with Crippen LogP contribution in [0.25, 0.3) is 0 Å². The molecule has 0 radical (unpaired) electrons. The Morgan fingerprint density at radius 2 is 1.88 bits per heavy atom. The molecule has 0 spiro atoms. The lowest BCUT2D eigenvalue weighted by molar-refractivity contribution is -0.904. The standard InChI is InChI=1S/C18H29N3O4S/c1-13-8-14(2)11-21(10-13)12-18(22)19-15-6-7-16(25-5)17(9-15)26(23,24)20(3)4/h6-7,9,13-14H,8,10-12H2,1-5H3,(H,19,22)/p+1/t13-,14-/m0/s1. The van der Waals surface area contributed by atoms with Gasteiger partial charge in [-0.1, -0.05) is 13.8 Å². The summed E-state index contributed by atoms with van der Waals surface area (Å²) < 4.78 is 31.2. The van der Waals surface area contributed by atoms with Crippen LogP contribution in [0.3, 0.4) is 0 Å². The Kier molecular flexibility index (Phi) is 6.65. The summed E-state index contributed by atoms with van der Waals surface area (Å²) in [5, 5.41) is 2.82. The van der Waals surface area contributed by atoms with Crippen molar-refractivity contribution in [1.29, 1.82) is 0 Å². The number of benzene rings is 1. The summed E-state index contributed by atoms with van der Waals surface area (Å²) in [6.45, 7) is 6.79.